The van der Waals surface area contributed by atoms with Crippen molar-refractivity contribution in [3.63, 3.8) is 0 Å². The number of rotatable bonds is 2. The molecule has 0 amide bonds. The molecule has 1 aromatic carbocycles. The number of esters is 1. The van der Waals surface area contributed by atoms with E-state index in [1.807, 2.05) is 0 Å². The second kappa shape index (κ2) is 5.00. The van der Waals surface area contributed by atoms with Crippen LogP contribution < -0.4 is 5.73 Å². The molecule has 0 atom stereocenters. The van der Waals surface area contributed by atoms with Gasteiger partial charge in [-0.05, 0) is 18.2 Å². The van der Waals surface area contributed by atoms with E-state index in [0.717, 1.165) is 11.8 Å². The van der Waals surface area contributed by atoms with Crippen molar-refractivity contribution >= 4 is 22.8 Å². The first-order chi connectivity index (χ1) is 10.8. The van der Waals surface area contributed by atoms with E-state index in [1.54, 1.807) is 0 Å². The number of anilines is 1. The van der Waals surface area contributed by atoms with Crippen LogP contribution in [0.3, 0.4) is 0 Å². The summed E-state index contributed by atoms with van der Waals surface area (Å²) in [5.74, 6) is -0.879. The van der Waals surface area contributed by atoms with Crippen LogP contribution >= 0.6 is 0 Å². The van der Waals surface area contributed by atoms with Crippen molar-refractivity contribution in [2.75, 3.05) is 12.8 Å². The van der Waals surface area contributed by atoms with Crippen molar-refractivity contribution in [3.8, 4) is 5.69 Å². The van der Waals surface area contributed by atoms with E-state index in [4.69, 9.17) is 10.3 Å². The van der Waals surface area contributed by atoms with Gasteiger partial charge in [0.05, 0.1) is 18.2 Å². The highest BCUT2D eigenvalue weighted by atomic mass is 19.4. The average molecular weight is 326 g/mol. The van der Waals surface area contributed by atoms with Crippen LogP contribution in [0.5, 0.6) is 0 Å². The average Bonchev–Trinajstić information content (AvgIpc) is 3.10. The number of nitrogens with zero attached hydrogens (tertiary/aromatic N) is 3. The van der Waals surface area contributed by atoms with Gasteiger partial charge in [-0.1, -0.05) is 5.16 Å². The van der Waals surface area contributed by atoms with Crippen LogP contribution in [0.2, 0.25) is 0 Å². The molecular formula is C13H9F3N4O3. The summed E-state index contributed by atoms with van der Waals surface area (Å²) in [5.41, 5.74) is 4.58. The van der Waals surface area contributed by atoms with Gasteiger partial charge in [0.1, 0.15) is 0 Å². The quantitative estimate of drug-likeness (QED) is 0.727. The maximum absolute atomic E-state index is 12.9. The summed E-state index contributed by atoms with van der Waals surface area (Å²) >= 11 is 0. The van der Waals surface area contributed by atoms with Crippen molar-refractivity contribution in [2.45, 2.75) is 6.18 Å². The Morgan fingerprint density at radius 1 is 1.35 bits per heavy atom. The molecular weight excluding hydrogens is 317 g/mol. The first-order valence-corrected chi connectivity index (χ1v) is 6.22. The molecule has 23 heavy (non-hydrogen) atoms. The molecule has 0 aliphatic carbocycles. The Morgan fingerprint density at radius 2 is 2.09 bits per heavy atom. The molecule has 2 N–H and O–H groups in total. The van der Waals surface area contributed by atoms with Crippen molar-refractivity contribution in [1.29, 1.82) is 0 Å². The molecule has 2 aromatic heterocycles. The molecule has 2 heterocycles. The number of carbonyl (C=O) groups excluding carboxylic acids is 1. The fraction of sp³-hybridized carbons (Fsp3) is 0.154. The number of alkyl halides is 3. The Labute approximate surface area is 126 Å². The van der Waals surface area contributed by atoms with Gasteiger partial charge in [-0.25, -0.2) is 9.48 Å². The molecule has 3 aromatic rings. The lowest BCUT2D eigenvalue weighted by molar-refractivity contribution is -0.141. The zero-order valence-electron chi connectivity index (χ0n) is 11.6. The number of benzene rings is 1. The maximum Gasteiger partial charge on any atom is 0.435 e. The van der Waals surface area contributed by atoms with Crippen LogP contribution in [0.4, 0.5) is 19.0 Å². The van der Waals surface area contributed by atoms with Crippen molar-refractivity contribution in [2.24, 2.45) is 0 Å². The van der Waals surface area contributed by atoms with E-state index >= 15 is 0 Å². The van der Waals surface area contributed by atoms with Gasteiger partial charge in [0, 0.05) is 6.07 Å². The van der Waals surface area contributed by atoms with Crippen molar-refractivity contribution in [3.05, 3.63) is 35.7 Å². The first-order valence-electron chi connectivity index (χ1n) is 6.22. The SMILES string of the molecule is COC(=O)c1cc(C(F)(F)F)nn1-c1ccc2onc(N)c2c1. The van der Waals surface area contributed by atoms with Gasteiger partial charge in [-0.15, -0.1) is 0 Å². The number of fused-ring (bicyclic) bond motifs is 1. The second-order valence-electron chi connectivity index (χ2n) is 4.56. The van der Waals surface area contributed by atoms with Gasteiger partial charge in [0.25, 0.3) is 0 Å². The zero-order chi connectivity index (χ0) is 16.8. The minimum absolute atomic E-state index is 0.0738. The predicted octanol–water partition coefficient (Wildman–Crippen LogP) is 2.40. The largest absolute Gasteiger partial charge is 0.464 e. The molecule has 10 heteroatoms. The van der Waals surface area contributed by atoms with Crippen LogP contribution in [0, 0.1) is 0 Å². The fourth-order valence-electron chi connectivity index (χ4n) is 2.04. The molecule has 0 aliphatic rings. The molecule has 0 saturated carbocycles. The number of aromatic nitrogens is 3. The van der Waals surface area contributed by atoms with Crippen molar-refractivity contribution in [1.82, 2.24) is 14.9 Å². The van der Waals surface area contributed by atoms with Gasteiger partial charge in [0.2, 0.25) is 0 Å². The predicted molar refractivity (Wildman–Crippen MR) is 71.9 cm³/mol. The highest BCUT2D eigenvalue weighted by molar-refractivity contribution is 5.90. The van der Waals surface area contributed by atoms with Gasteiger partial charge >= 0.3 is 12.1 Å². The Balaban J connectivity index is 2.21. The molecule has 0 spiro atoms. The summed E-state index contributed by atoms with van der Waals surface area (Å²) in [6.45, 7) is 0. The maximum atomic E-state index is 12.9. The van der Waals surface area contributed by atoms with Gasteiger partial charge in [-0.3, -0.25) is 0 Å². The lowest BCUT2D eigenvalue weighted by Gasteiger charge is -2.06. The summed E-state index contributed by atoms with van der Waals surface area (Å²) in [6, 6.07) is 4.92. The minimum Gasteiger partial charge on any atom is -0.464 e. The van der Waals surface area contributed by atoms with Crippen LogP contribution in [-0.4, -0.2) is 28.0 Å². The monoisotopic (exact) mass is 326 g/mol. The standard InChI is InChI=1S/C13H9F3N4O3/c1-22-12(21)8-5-10(13(14,15)16)18-20(8)6-2-3-9-7(4-6)11(17)19-23-9/h2-5H,1H3,(H2,17,19). The Morgan fingerprint density at radius 3 is 2.74 bits per heavy atom. The van der Waals surface area contributed by atoms with Gasteiger partial charge in [-0.2, -0.15) is 18.3 Å². The molecule has 3 rings (SSSR count). The van der Waals surface area contributed by atoms with Crippen LogP contribution in [0.1, 0.15) is 16.2 Å². The third-order valence-electron chi connectivity index (χ3n) is 3.12. The molecule has 0 radical (unpaired) electrons. The summed E-state index contributed by atoms with van der Waals surface area (Å²) in [5, 5.41) is 7.38. The van der Waals surface area contributed by atoms with E-state index < -0.39 is 17.8 Å². The Bertz CT molecular complexity index is 898. The molecule has 0 unspecified atom stereocenters. The number of nitrogens with two attached hydrogens (primary N) is 1. The normalized spacial score (nSPS) is 11.8. The number of ether oxygens (including phenoxy) is 1. The molecule has 0 aliphatic heterocycles. The highest BCUT2D eigenvalue weighted by Crippen LogP contribution is 2.30. The highest BCUT2D eigenvalue weighted by Gasteiger charge is 2.36. The minimum atomic E-state index is -4.70. The van der Waals surface area contributed by atoms with Crippen LogP contribution in [-0.2, 0) is 10.9 Å². The number of methoxy groups -OCH3 is 1. The molecule has 0 fully saturated rings. The third kappa shape index (κ3) is 2.47. The fourth-order valence-corrected chi connectivity index (χ4v) is 2.04. The molecule has 0 saturated heterocycles. The third-order valence-corrected chi connectivity index (χ3v) is 3.12. The lowest BCUT2D eigenvalue weighted by Crippen LogP contribution is -2.10. The smallest absolute Gasteiger partial charge is 0.435 e. The van der Waals surface area contributed by atoms with Crippen LogP contribution in [0.15, 0.2) is 28.8 Å². The lowest BCUT2D eigenvalue weighted by atomic mass is 10.2. The van der Waals surface area contributed by atoms with Crippen molar-refractivity contribution < 1.29 is 27.2 Å². The molecule has 7 nitrogen and oxygen atoms in total. The summed E-state index contributed by atoms with van der Waals surface area (Å²) in [7, 11) is 1.06. The van der Waals surface area contributed by atoms with Gasteiger partial charge < -0.3 is 15.0 Å². The number of hydrogen-bond donors (Lipinski definition) is 1. The second-order valence-corrected chi connectivity index (χ2v) is 4.56. The first kappa shape index (κ1) is 14.9. The summed E-state index contributed by atoms with van der Waals surface area (Å²) in [6.07, 6.45) is -4.70. The van der Waals surface area contributed by atoms with E-state index in [0.29, 0.717) is 17.0 Å². The number of hydrogen-bond acceptors (Lipinski definition) is 6. The Kier molecular flexibility index (Phi) is 3.24. The topological polar surface area (TPSA) is 96.2 Å². The summed E-state index contributed by atoms with van der Waals surface area (Å²) in [4.78, 5) is 11.7. The van der Waals surface area contributed by atoms with E-state index in [2.05, 4.69) is 15.0 Å². The van der Waals surface area contributed by atoms with E-state index in [9.17, 15) is 18.0 Å². The van der Waals surface area contributed by atoms with Crippen LogP contribution in [0.25, 0.3) is 16.7 Å². The van der Waals surface area contributed by atoms with E-state index in [-0.39, 0.29) is 17.2 Å². The zero-order valence-corrected chi connectivity index (χ0v) is 11.6. The number of nitrogen functional groups attached to an aromatic ring is 1. The van der Waals surface area contributed by atoms with E-state index in [1.165, 1.54) is 18.2 Å². The number of halogens is 3. The van der Waals surface area contributed by atoms with Gasteiger partial charge in [0.15, 0.2) is 22.8 Å². The molecule has 120 valence electrons. The Hall–Kier alpha value is -3.04. The summed E-state index contributed by atoms with van der Waals surface area (Å²) < 4.78 is 48.8. The number of carbonyl (C=O) groups is 1. The molecule has 0 bridgehead atoms.